The summed E-state index contributed by atoms with van der Waals surface area (Å²) in [5.74, 6) is -0.333. The summed E-state index contributed by atoms with van der Waals surface area (Å²) in [5, 5.41) is 32.9. The van der Waals surface area contributed by atoms with Gasteiger partial charge in [0.1, 0.15) is 0 Å². The van der Waals surface area contributed by atoms with Gasteiger partial charge in [0, 0.05) is 0 Å². The first kappa shape index (κ1) is 39.6. The van der Waals surface area contributed by atoms with Gasteiger partial charge in [-0.25, -0.2) is 0 Å². The van der Waals surface area contributed by atoms with Gasteiger partial charge in [0.25, 0.3) is 0 Å². The fourth-order valence-electron chi connectivity index (χ4n) is 4.96. The number of rotatable bonds is 30. The number of nitrogens with one attached hydrogen (secondary N) is 1. The van der Waals surface area contributed by atoms with Crippen molar-refractivity contribution in [1.29, 1.82) is 0 Å². The minimum absolute atomic E-state index is 0.00378. The third-order valence-corrected chi connectivity index (χ3v) is 7.66. The summed E-state index contributed by atoms with van der Waals surface area (Å²) in [6.07, 6.45) is 36.9. The number of aliphatic hydroxyl groups is 3. The lowest BCUT2D eigenvalue weighted by Gasteiger charge is -2.21. The molecule has 0 aliphatic rings. The standard InChI is InChI=1S/C36H67NO4/c1-3-5-7-9-11-13-15-17-18-20-22-24-26-28-30-35(40)34(32-38)37-36(41)31-33(39)29-27-25-23-21-19-16-14-12-10-8-6-4-2/h13,15,20,22,28,30,33-35,38-40H,3-12,14,16-19,21,23-27,29,31-32H2,1-2H3,(H,37,41)/b15-13+,22-20+,30-28+. The zero-order valence-corrected chi connectivity index (χ0v) is 26.9. The molecule has 5 heteroatoms. The zero-order chi connectivity index (χ0) is 30.2. The van der Waals surface area contributed by atoms with Gasteiger partial charge in [-0.1, -0.05) is 147 Å². The number of carbonyl (C=O) groups is 1. The smallest absolute Gasteiger partial charge is 0.222 e. The van der Waals surface area contributed by atoms with E-state index in [1.54, 1.807) is 6.08 Å². The highest BCUT2D eigenvalue weighted by molar-refractivity contribution is 5.76. The fourth-order valence-corrected chi connectivity index (χ4v) is 4.96. The Kier molecular flexibility index (Phi) is 30.4. The van der Waals surface area contributed by atoms with Crippen molar-refractivity contribution in [2.75, 3.05) is 6.61 Å². The van der Waals surface area contributed by atoms with Crippen molar-refractivity contribution >= 4 is 5.91 Å². The molecule has 0 aromatic rings. The number of hydrogen-bond acceptors (Lipinski definition) is 4. The van der Waals surface area contributed by atoms with Gasteiger partial charge in [-0.2, -0.15) is 0 Å². The molecule has 3 atom stereocenters. The summed E-state index contributed by atoms with van der Waals surface area (Å²) in [4.78, 5) is 12.3. The SMILES string of the molecule is CCCCCC/C=C/CC/C=C/CC/C=C/C(O)C(CO)NC(=O)CC(O)CCCCCCCCCCCCCC. The third kappa shape index (κ3) is 28.5. The number of unbranched alkanes of at least 4 members (excludes halogenated alkanes) is 17. The number of aliphatic hydroxyl groups excluding tert-OH is 3. The minimum atomic E-state index is -0.955. The number of amides is 1. The molecule has 0 spiro atoms. The average molecular weight is 578 g/mol. The van der Waals surface area contributed by atoms with E-state index in [1.807, 2.05) is 6.08 Å². The Labute approximate surface area is 254 Å². The van der Waals surface area contributed by atoms with Gasteiger partial charge >= 0.3 is 0 Å². The van der Waals surface area contributed by atoms with Crippen LogP contribution in [0.2, 0.25) is 0 Å². The Morgan fingerprint density at radius 3 is 1.56 bits per heavy atom. The number of allylic oxidation sites excluding steroid dienone is 5. The fraction of sp³-hybridized carbons (Fsp3) is 0.806. The van der Waals surface area contributed by atoms with E-state index in [-0.39, 0.29) is 18.9 Å². The summed E-state index contributed by atoms with van der Waals surface area (Å²) in [5.41, 5.74) is 0. The lowest BCUT2D eigenvalue weighted by Crippen LogP contribution is -2.45. The summed E-state index contributed by atoms with van der Waals surface area (Å²) in [6, 6.07) is -0.762. The van der Waals surface area contributed by atoms with Crippen LogP contribution in [-0.4, -0.2) is 46.1 Å². The summed E-state index contributed by atoms with van der Waals surface area (Å²) in [7, 11) is 0. The Balaban J connectivity index is 3.85. The molecule has 0 fully saturated rings. The maximum atomic E-state index is 12.3. The van der Waals surface area contributed by atoms with Crippen molar-refractivity contribution in [1.82, 2.24) is 5.32 Å². The minimum Gasteiger partial charge on any atom is -0.394 e. The normalized spacial score (nSPS) is 14.4. The van der Waals surface area contributed by atoms with Crippen LogP contribution < -0.4 is 5.32 Å². The highest BCUT2D eigenvalue weighted by Gasteiger charge is 2.20. The lowest BCUT2D eigenvalue weighted by molar-refractivity contribution is -0.124. The molecule has 3 unspecified atom stereocenters. The van der Waals surface area contributed by atoms with Gasteiger partial charge in [-0.3, -0.25) is 4.79 Å². The first-order chi connectivity index (χ1) is 20.0. The molecule has 41 heavy (non-hydrogen) atoms. The van der Waals surface area contributed by atoms with Crippen molar-refractivity contribution < 1.29 is 20.1 Å². The Hall–Kier alpha value is -1.43. The van der Waals surface area contributed by atoms with Crippen LogP contribution in [0.1, 0.15) is 162 Å². The first-order valence-corrected chi connectivity index (χ1v) is 17.3. The number of carbonyl (C=O) groups excluding carboxylic acids is 1. The summed E-state index contributed by atoms with van der Waals surface area (Å²) >= 11 is 0. The third-order valence-electron chi connectivity index (χ3n) is 7.66. The van der Waals surface area contributed by atoms with Crippen molar-refractivity contribution in [2.45, 2.75) is 180 Å². The molecule has 0 saturated carbocycles. The maximum Gasteiger partial charge on any atom is 0.222 e. The van der Waals surface area contributed by atoms with Crippen molar-refractivity contribution in [3.63, 3.8) is 0 Å². The molecule has 5 nitrogen and oxygen atoms in total. The molecule has 0 radical (unpaired) electrons. The summed E-state index contributed by atoms with van der Waals surface area (Å²) < 4.78 is 0. The van der Waals surface area contributed by atoms with Crippen molar-refractivity contribution in [3.05, 3.63) is 36.5 Å². The molecule has 1 amide bonds. The highest BCUT2D eigenvalue weighted by atomic mass is 16.3. The Bertz CT molecular complexity index is 645. The molecule has 0 aromatic heterocycles. The molecule has 0 rings (SSSR count). The topological polar surface area (TPSA) is 89.8 Å². The molecule has 0 saturated heterocycles. The van der Waals surface area contributed by atoms with E-state index in [4.69, 9.17) is 0 Å². The van der Waals surface area contributed by atoms with Crippen LogP contribution in [0.5, 0.6) is 0 Å². The maximum absolute atomic E-state index is 12.3. The predicted molar refractivity (Wildman–Crippen MR) is 176 cm³/mol. The van der Waals surface area contributed by atoms with Gasteiger partial charge in [0.2, 0.25) is 5.91 Å². The van der Waals surface area contributed by atoms with E-state index < -0.39 is 18.2 Å². The predicted octanol–water partition coefficient (Wildman–Crippen LogP) is 8.87. The van der Waals surface area contributed by atoms with E-state index in [0.717, 1.165) is 38.5 Å². The van der Waals surface area contributed by atoms with E-state index in [1.165, 1.54) is 96.3 Å². The van der Waals surface area contributed by atoms with Crippen LogP contribution in [-0.2, 0) is 4.79 Å². The molecule has 0 aromatic carbocycles. The van der Waals surface area contributed by atoms with Crippen molar-refractivity contribution in [2.24, 2.45) is 0 Å². The van der Waals surface area contributed by atoms with Crippen molar-refractivity contribution in [3.8, 4) is 0 Å². The second kappa shape index (κ2) is 31.5. The van der Waals surface area contributed by atoms with Crippen LogP contribution in [0.15, 0.2) is 36.5 Å². The van der Waals surface area contributed by atoms with E-state index in [9.17, 15) is 20.1 Å². The highest BCUT2D eigenvalue weighted by Crippen LogP contribution is 2.14. The first-order valence-electron chi connectivity index (χ1n) is 17.3. The zero-order valence-electron chi connectivity index (χ0n) is 26.9. The van der Waals surface area contributed by atoms with Crippen LogP contribution in [0.25, 0.3) is 0 Å². The molecule has 0 aliphatic heterocycles. The Morgan fingerprint density at radius 2 is 1.05 bits per heavy atom. The van der Waals surface area contributed by atoms with Gasteiger partial charge in [-0.15, -0.1) is 0 Å². The molecule has 0 heterocycles. The van der Waals surface area contributed by atoms with Crippen LogP contribution in [0.4, 0.5) is 0 Å². The second-order valence-corrected chi connectivity index (χ2v) is 11.8. The second-order valence-electron chi connectivity index (χ2n) is 11.8. The molecular formula is C36H67NO4. The van der Waals surface area contributed by atoms with Gasteiger partial charge in [-0.05, 0) is 44.9 Å². The summed E-state index contributed by atoms with van der Waals surface area (Å²) in [6.45, 7) is 4.14. The quantitative estimate of drug-likeness (QED) is 0.0507. The lowest BCUT2D eigenvalue weighted by atomic mass is 10.0. The average Bonchev–Trinajstić information content (AvgIpc) is 2.96. The van der Waals surface area contributed by atoms with E-state index in [2.05, 4.69) is 43.5 Å². The van der Waals surface area contributed by atoms with Crippen LogP contribution in [0.3, 0.4) is 0 Å². The van der Waals surface area contributed by atoms with Crippen LogP contribution >= 0.6 is 0 Å². The molecule has 0 bridgehead atoms. The van der Waals surface area contributed by atoms with Gasteiger partial charge in [0.05, 0.1) is 31.3 Å². The van der Waals surface area contributed by atoms with E-state index in [0.29, 0.717) is 6.42 Å². The Morgan fingerprint density at radius 1 is 0.610 bits per heavy atom. The molecule has 0 aliphatic carbocycles. The number of hydrogen-bond donors (Lipinski definition) is 4. The largest absolute Gasteiger partial charge is 0.394 e. The van der Waals surface area contributed by atoms with Crippen LogP contribution in [0, 0.1) is 0 Å². The van der Waals surface area contributed by atoms with Gasteiger partial charge < -0.3 is 20.6 Å². The monoisotopic (exact) mass is 578 g/mol. The molecule has 240 valence electrons. The molecule has 4 N–H and O–H groups in total. The van der Waals surface area contributed by atoms with E-state index >= 15 is 0 Å². The van der Waals surface area contributed by atoms with Gasteiger partial charge in [0.15, 0.2) is 0 Å². The molecular weight excluding hydrogens is 510 g/mol.